The Kier molecular flexibility index (Phi) is 3.96. The lowest BCUT2D eigenvalue weighted by Crippen LogP contribution is -2.30. The number of anilines is 2. The minimum Gasteiger partial charge on any atom is -0.397 e. The van der Waals surface area contributed by atoms with E-state index >= 15 is 0 Å². The molecule has 7 heteroatoms. The molecule has 0 atom stereocenters. The summed E-state index contributed by atoms with van der Waals surface area (Å²) in [4.78, 5) is 1.95. The number of fused-ring (bicyclic) bond motifs is 1. The third-order valence-corrected chi connectivity index (χ3v) is 2.70. The van der Waals surface area contributed by atoms with E-state index in [4.69, 9.17) is 20.2 Å². The van der Waals surface area contributed by atoms with Gasteiger partial charge in [-0.2, -0.15) is 0 Å². The number of nitrogen functional groups attached to an aromatic ring is 1. The van der Waals surface area contributed by atoms with Crippen molar-refractivity contribution in [1.29, 1.82) is 0 Å². The van der Waals surface area contributed by atoms with Crippen molar-refractivity contribution < 1.29 is 14.5 Å². The third-order valence-electron chi connectivity index (χ3n) is 2.70. The number of nitrogens with two attached hydrogens (primary N) is 1. The summed E-state index contributed by atoms with van der Waals surface area (Å²) in [7, 11) is 1.63. The monoisotopic (exact) mass is 252 g/mol. The van der Waals surface area contributed by atoms with E-state index < -0.39 is 0 Å². The molecule has 98 valence electrons. The van der Waals surface area contributed by atoms with Crippen LogP contribution in [0.15, 0.2) is 16.8 Å². The molecule has 2 aromatic rings. The van der Waals surface area contributed by atoms with Gasteiger partial charge in [0.25, 0.3) is 0 Å². The molecule has 2 rings (SSSR count). The maximum absolute atomic E-state index is 9.11. The normalized spacial score (nSPS) is 11.0. The van der Waals surface area contributed by atoms with Gasteiger partial charge in [0.2, 0.25) is 0 Å². The summed E-state index contributed by atoms with van der Waals surface area (Å²) in [6.07, 6.45) is 0. The first-order chi connectivity index (χ1) is 8.77. The molecule has 1 heterocycles. The Morgan fingerprint density at radius 3 is 2.83 bits per heavy atom. The minimum atomic E-state index is 0.0425. The van der Waals surface area contributed by atoms with Gasteiger partial charge in [0, 0.05) is 20.2 Å². The van der Waals surface area contributed by atoms with Gasteiger partial charge in [-0.1, -0.05) is 0 Å². The summed E-state index contributed by atoms with van der Waals surface area (Å²) >= 11 is 0. The predicted molar refractivity (Wildman–Crippen MR) is 67.4 cm³/mol. The Hall–Kier alpha value is -1.86. The van der Waals surface area contributed by atoms with Crippen LogP contribution >= 0.6 is 0 Å². The van der Waals surface area contributed by atoms with Crippen molar-refractivity contribution in [3.05, 3.63) is 12.1 Å². The van der Waals surface area contributed by atoms with Crippen LogP contribution in [0, 0.1) is 0 Å². The van der Waals surface area contributed by atoms with Crippen LogP contribution in [0.25, 0.3) is 11.0 Å². The van der Waals surface area contributed by atoms with Crippen molar-refractivity contribution in [3.8, 4) is 0 Å². The number of aromatic nitrogens is 2. The number of benzene rings is 1. The number of ether oxygens (including phenoxy) is 1. The molecule has 7 nitrogen and oxygen atoms in total. The number of hydrogen-bond acceptors (Lipinski definition) is 7. The molecule has 0 aliphatic rings. The van der Waals surface area contributed by atoms with Crippen molar-refractivity contribution in [1.82, 2.24) is 10.3 Å². The summed E-state index contributed by atoms with van der Waals surface area (Å²) in [6, 6.07) is 3.59. The Bertz CT molecular complexity index is 514. The van der Waals surface area contributed by atoms with E-state index in [0.29, 0.717) is 36.4 Å². The van der Waals surface area contributed by atoms with Gasteiger partial charge in [-0.15, -0.1) is 0 Å². The molecule has 0 bridgehead atoms. The van der Waals surface area contributed by atoms with E-state index in [-0.39, 0.29) is 6.61 Å². The van der Waals surface area contributed by atoms with Gasteiger partial charge in [0.15, 0.2) is 11.0 Å². The van der Waals surface area contributed by atoms with Crippen LogP contribution in [0.3, 0.4) is 0 Å². The van der Waals surface area contributed by atoms with Crippen LogP contribution < -0.4 is 10.6 Å². The molecule has 0 amide bonds. The molecule has 0 radical (unpaired) electrons. The number of methoxy groups -OCH3 is 1. The first kappa shape index (κ1) is 12.6. The average molecular weight is 252 g/mol. The van der Waals surface area contributed by atoms with Crippen molar-refractivity contribution in [3.63, 3.8) is 0 Å². The van der Waals surface area contributed by atoms with Gasteiger partial charge >= 0.3 is 0 Å². The molecule has 0 aliphatic heterocycles. The van der Waals surface area contributed by atoms with Crippen molar-refractivity contribution in [2.75, 3.05) is 44.0 Å². The van der Waals surface area contributed by atoms with Gasteiger partial charge in [0.05, 0.1) is 24.6 Å². The van der Waals surface area contributed by atoms with Crippen LogP contribution in [-0.4, -0.2) is 48.8 Å². The van der Waals surface area contributed by atoms with Crippen LogP contribution in [-0.2, 0) is 4.74 Å². The highest BCUT2D eigenvalue weighted by atomic mass is 16.6. The fraction of sp³-hybridized carbons (Fsp3) is 0.455. The van der Waals surface area contributed by atoms with E-state index in [1.165, 1.54) is 0 Å². The molecule has 0 aliphatic carbocycles. The van der Waals surface area contributed by atoms with Gasteiger partial charge < -0.3 is 20.5 Å². The van der Waals surface area contributed by atoms with Crippen LogP contribution in [0.1, 0.15) is 0 Å². The zero-order valence-electron chi connectivity index (χ0n) is 10.2. The van der Waals surface area contributed by atoms with Crippen molar-refractivity contribution in [2.45, 2.75) is 0 Å². The average Bonchev–Trinajstić information content (AvgIpc) is 2.85. The fourth-order valence-electron chi connectivity index (χ4n) is 1.80. The zero-order valence-corrected chi connectivity index (χ0v) is 10.2. The number of aliphatic hydroxyl groups excluding tert-OH is 1. The summed E-state index contributed by atoms with van der Waals surface area (Å²) < 4.78 is 9.77. The molecule has 1 aromatic heterocycles. The van der Waals surface area contributed by atoms with Crippen LogP contribution in [0.4, 0.5) is 11.4 Å². The molecule has 0 saturated carbocycles. The molecule has 0 saturated heterocycles. The van der Waals surface area contributed by atoms with E-state index in [1.54, 1.807) is 13.2 Å². The van der Waals surface area contributed by atoms with Crippen LogP contribution in [0.5, 0.6) is 0 Å². The minimum absolute atomic E-state index is 0.0425. The SMILES string of the molecule is COCCN(CCO)c1ccc(N)c2nonc12. The molecule has 3 N–H and O–H groups in total. The van der Waals surface area contributed by atoms with Gasteiger partial charge in [-0.05, 0) is 22.4 Å². The Morgan fingerprint density at radius 1 is 1.33 bits per heavy atom. The van der Waals surface area contributed by atoms with Crippen molar-refractivity contribution >= 4 is 22.4 Å². The first-order valence-electron chi connectivity index (χ1n) is 5.63. The quantitative estimate of drug-likeness (QED) is 0.711. The van der Waals surface area contributed by atoms with Gasteiger partial charge in [0.1, 0.15) is 0 Å². The smallest absolute Gasteiger partial charge is 0.160 e. The second kappa shape index (κ2) is 5.65. The Balaban J connectivity index is 2.37. The summed E-state index contributed by atoms with van der Waals surface area (Å²) in [5, 5.41) is 16.7. The lowest BCUT2D eigenvalue weighted by molar-refractivity contribution is 0.203. The number of rotatable bonds is 6. The summed E-state index contributed by atoms with van der Waals surface area (Å²) in [6.45, 7) is 1.72. The standard InChI is InChI=1S/C11H16N4O3/c1-17-7-5-15(4-6-16)9-3-2-8(12)10-11(9)14-18-13-10/h2-3,16H,4-7,12H2,1H3. The van der Waals surface area contributed by atoms with E-state index in [2.05, 4.69) is 10.3 Å². The van der Waals surface area contributed by atoms with Crippen LogP contribution in [0.2, 0.25) is 0 Å². The molecule has 1 aromatic carbocycles. The zero-order chi connectivity index (χ0) is 13.0. The second-order valence-electron chi connectivity index (χ2n) is 3.84. The molecule has 0 fully saturated rings. The maximum Gasteiger partial charge on any atom is 0.160 e. The lowest BCUT2D eigenvalue weighted by Gasteiger charge is -2.23. The molecule has 0 unspecified atom stereocenters. The van der Waals surface area contributed by atoms with E-state index in [9.17, 15) is 0 Å². The molecular weight excluding hydrogens is 236 g/mol. The summed E-state index contributed by atoms with van der Waals surface area (Å²) in [5.74, 6) is 0. The molecule has 18 heavy (non-hydrogen) atoms. The second-order valence-corrected chi connectivity index (χ2v) is 3.84. The van der Waals surface area contributed by atoms with E-state index in [0.717, 1.165) is 5.69 Å². The van der Waals surface area contributed by atoms with Gasteiger partial charge in [-0.3, -0.25) is 0 Å². The van der Waals surface area contributed by atoms with E-state index in [1.807, 2.05) is 11.0 Å². The Labute approximate surface area is 104 Å². The largest absolute Gasteiger partial charge is 0.397 e. The first-order valence-corrected chi connectivity index (χ1v) is 5.63. The third kappa shape index (κ3) is 2.36. The highest BCUT2D eigenvalue weighted by molar-refractivity contribution is 5.95. The highest BCUT2D eigenvalue weighted by Gasteiger charge is 2.15. The molecule has 0 spiro atoms. The predicted octanol–water partition coefficient (Wildman–Crippen LogP) is 0.250. The maximum atomic E-state index is 9.11. The number of aliphatic hydroxyl groups is 1. The molecular formula is C11H16N4O3. The van der Waals surface area contributed by atoms with Crippen molar-refractivity contribution in [2.24, 2.45) is 0 Å². The topological polar surface area (TPSA) is 97.6 Å². The Morgan fingerprint density at radius 2 is 2.11 bits per heavy atom. The number of nitrogens with zero attached hydrogens (tertiary/aromatic N) is 3. The highest BCUT2D eigenvalue weighted by Crippen LogP contribution is 2.28. The lowest BCUT2D eigenvalue weighted by atomic mass is 10.2. The fourth-order valence-corrected chi connectivity index (χ4v) is 1.80. The van der Waals surface area contributed by atoms with Gasteiger partial charge in [-0.25, -0.2) is 4.63 Å². The number of hydrogen-bond donors (Lipinski definition) is 2. The summed E-state index contributed by atoms with van der Waals surface area (Å²) in [5.41, 5.74) is 8.27.